The van der Waals surface area contributed by atoms with Gasteiger partial charge in [0.2, 0.25) is 0 Å². The zero-order valence-electron chi connectivity index (χ0n) is 9.95. The summed E-state index contributed by atoms with van der Waals surface area (Å²) in [5.41, 5.74) is 1.91. The van der Waals surface area contributed by atoms with Gasteiger partial charge in [-0.2, -0.15) is 0 Å². The molecule has 0 radical (unpaired) electrons. The van der Waals surface area contributed by atoms with Crippen LogP contribution in [0.3, 0.4) is 0 Å². The van der Waals surface area contributed by atoms with Crippen LogP contribution in [0.25, 0.3) is 11.0 Å². The van der Waals surface area contributed by atoms with E-state index in [1.54, 1.807) is 12.1 Å². The average Bonchev–Trinajstić information content (AvgIpc) is 2.57. The van der Waals surface area contributed by atoms with E-state index in [4.69, 9.17) is 0 Å². The molecule has 90 valence electrons. The molecule has 0 unspecified atom stereocenters. The zero-order chi connectivity index (χ0) is 11.7. The van der Waals surface area contributed by atoms with E-state index in [-0.39, 0.29) is 0 Å². The second kappa shape index (κ2) is 4.40. The Morgan fingerprint density at radius 2 is 1.88 bits per heavy atom. The Bertz CT molecular complexity index is 510. The number of aromatic nitrogens is 2. The SMILES string of the molecule is Oc1ccc2nc(C3CCCCCC3)[nH]c2c1. The maximum atomic E-state index is 9.45. The van der Waals surface area contributed by atoms with Crippen molar-refractivity contribution in [3.05, 3.63) is 24.0 Å². The summed E-state index contributed by atoms with van der Waals surface area (Å²) in [5, 5.41) is 9.45. The molecule has 0 saturated heterocycles. The van der Waals surface area contributed by atoms with Crippen LogP contribution in [0.5, 0.6) is 5.75 Å². The van der Waals surface area contributed by atoms with Gasteiger partial charge >= 0.3 is 0 Å². The second-order valence-electron chi connectivity index (χ2n) is 5.01. The molecule has 3 heteroatoms. The number of phenols is 1. The average molecular weight is 230 g/mol. The van der Waals surface area contributed by atoms with Crippen molar-refractivity contribution in [2.45, 2.75) is 44.4 Å². The summed E-state index contributed by atoms with van der Waals surface area (Å²) in [6.07, 6.45) is 7.83. The van der Waals surface area contributed by atoms with Crippen LogP contribution in [-0.4, -0.2) is 15.1 Å². The van der Waals surface area contributed by atoms with Gasteiger partial charge in [0.1, 0.15) is 11.6 Å². The first-order valence-corrected chi connectivity index (χ1v) is 6.51. The number of aromatic amines is 1. The van der Waals surface area contributed by atoms with Crippen LogP contribution in [0.15, 0.2) is 18.2 Å². The maximum Gasteiger partial charge on any atom is 0.117 e. The number of benzene rings is 1. The van der Waals surface area contributed by atoms with Crippen LogP contribution in [0, 0.1) is 0 Å². The first-order chi connectivity index (χ1) is 8.33. The fourth-order valence-corrected chi connectivity index (χ4v) is 2.76. The number of rotatable bonds is 1. The van der Waals surface area contributed by atoms with Gasteiger partial charge in [-0.25, -0.2) is 4.98 Å². The molecule has 0 atom stereocenters. The fraction of sp³-hybridized carbons (Fsp3) is 0.500. The van der Waals surface area contributed by atoms with E-state index in [0.717, 1.165) is 16.9 Å². The number of hydrogen-bond donors (Lipinski definition) is 2. The van der Waals surface area contributed by atoms with E-state index in [1.165, 1.54) is 38.5 Å². The van der Waals surface area contributed by atoms with Crippen molar-refractivity contribution < 1.29 is 5.11 Å². The molecule has 17 heavy (non-hydrogen) atoms. The van der Waals surface area contributed by atoms with Gasteiger partial charge in [0.05, 0.1) is 11.0 Å². The van der Waals surface area contributed by atoms with E-state index in [9.17, 15) is 5.11 Å². The van der Waals surface area contributed by atoms with Crippen LogP contribution in [0.2, 0.25) is 0 Å². The van der Waals surface area contributed by atoms with E-state index >= 15 is 0 Å². The number of imidazole rings is 1. The molecule has 2 N–H and O–H groups in total. The minimum atomic E-state index is 0.300. The van der Waals surface area contributed by atoms with Gasteiger partial charge in [0, 0.05) is 12.0 Å². The molecule has 1 saturated carbocycles. The third-order valence-corrected chi connectivity index (χ3v) is 3.73. The molecular weight excluding hydrogens is 212 g/mol. The van der Waals surface area contributed by atoms with Crippen LogP contribution >= 0.6 is 0 Å². The fourth-order valence-electron chi connectivity index (χ4n) is 2.76. The topological polar surface area (TPSA) is 48.9 Å². The highest BCUT2D eigenvalue weighted by molar-refractivity contribution is 5.76. The highest BCUT2D eigenvalue weighted by Gasteiger charge is 2.17. The number of hydrogen-bond acceptors (Lipinski definition) is 2. The number of nitrogens with one attached hydrogen (secondary N) is 1. The van der Waals surface area contributed by atoms with Gasteiger partial charge in [-0.3, -0.25) is 0 Å². The standard InChI is InChI=1S/C14H18N2O/c17-11-7-8-12-13(9-11)16-14(15-12)10-5-3-1-2-4-6-10/h7-10,17H,1-6H2,(H,15,16). The Morgan fingerprint density at radius 1 is 1.12 bits per heavy atom. The molecule has 0 spiro atoms. The molecular formula is C14H18N2O. The highest BCUT2D eigenvalue weighted by atomic mass is 16.3. The summed E-state index contributed by atoms with van der Waals surface area (Å²) in [4.78, 5) is 8.02. The smallest absolute Gasteiger partial charge is 0.117 e. The third kappa shape index (κ3) is 2.14. The summed E-state index contributed by atoms with van der Waals surface area (Å²) in [6, 6.07) is 5.32. The Morgan fingerprint density at radius 3 is 2.65 bits per heavy atom. The summed E-state index contributed by atoms with van der Waals surface area (Å²) in [5.74, 6) is 1.98. The van der Waals surface area contributed by atoms with Crippen LogP contribution in [0.4, 0.5) is 0 Å². The van der Waals surface area contributed by atoms with Crippen LogP contribution in [-0.2, 0) is 0 Å². The van der Waals surface area contributed by atoms with Crippen LogP contribution < -0.4 is 0 Å². The van der Waals surface area contributed by atoms with Gasteiger partial charge in [-0.15, -0.1) is 0 Å². The molecule has 3 nitrogen and oxygen atoms in total. The normalized spacial score (nSPS) is 18.4. The van der Waals surface area contributed by atoms with Crippen molar-refractivity contribution in [1.29, 1.82) is 0 Å². The molecule has 1 aromatic carbocycles. The Kier molecular flexibility index (Phi) is 2.75. The minimum Gasteiger partial charge on any atom is -0.508 e. The monoisotopic (exact) mass is 230 g/mol. The molecule has 1 aromatic heterocycles. The summed E-state index contributed by atoms with van der Waals surface area (Å²) in [6.45, 7) is 0. The molecule has 1 aliphatic carbocycles. The van der Waals surface area contributed by atoms with E-state index in [0.29, 0.717) is 11.7 Å². The lowest BCUT2D eigenvalue weighted by atomic mass is 10.00. The number of H-pyrrole nitrogens is 1. The number of fused-ring (bicyclic) bond motifs is 1. The molecule has 2 aromatic rings. The van der Waals surface area contributed by atoms with E-state index in [2.05, 4.69) is 9.97 Å². The lowest BCUT2D eigenvalue weighted by Gasteiger charge is -2.09. The van der Waals surface area contributed by atoms with Crippen molar-refractivity contribution in [2.75, 3.05) is 0 Å². The Hall–Kier alpha value is -1.51. The first kappa shape index (κ1) is 10.6. The quantitative estimate of drug-likeness (QED) is 0.734. The lowest BCUT2D eigenvalue weighted by Crippen LogP contribution is -1.99. The predicted octanol–water partition coefficient (Wildman–Crippen LogP) is 3.71. The third-order valence-electron chi connectivity index (χ3n) is 3.73. The molecule has 0 bridgehead atoms. The summed E-state index contributed by atoms with van der Waals surface area (Å²) >= 11 is 0. The number of aromatic hydroxyl groups is 1. The van der Waals surface area contributed by atoms with Gasteiger partial charge in [-0.1, -0.05) is 25.7 Å². The maximum absolute atomic E-state index is 9.45. The highest BCUT2D eigenvalue weighted by Crippen LogP contribution is 2.31. The molecule has 3 rings (SSSR count). The largest absolute Gasteiger partial charge is 0.508 e. The molecule has 0 aliphatic heterocycles. The molecule has 1 aliphatic rings. The van der Waals surface area contributed by atoms with Crippen molar-refractivity contribution in [2.24, 2.45) is 0 Å². The van der Waals surface area contributed by atoms with Gasteiger partial charge in [-0.05, 0) is 25.0 Å². The minimum absolute atomic E-state index is 0.300. The summed E-state index contributed by atoms with van der Waals surface area (Å²) < 4.78 is 0. The Balaban J connectivity index is 1.93. The number of phenolic OH excluding ortho intramolecular Hbond substituents is 1. The van der Waals surface area contributed by atoms with Gasteiger partial charge < -0.3 is 10.1 Å². The zero-order valence-corrected chi connectivity index (χ0v) is 9.95. The van der Waals surface area contributed by atoms with Gasteiger partial charge in [0.25, 0.3) is 0 Å². The van der Waals surface area contributed by atoms with Crippen LogP contribution in [0.1, 0.15) is 50.3 Å². The molecule has 1 heterocycles. The predicted molar refractivity (Wildman–Crippen MR) is 68.2 cm³/mol. The van der Waals surface area contributed by atoms with Crippen molar-refractivity contribution in [1.82, 2.24) is 9.97 Å². The van der Waals surface area contributed by atoms with E-state index < -0.39 is 0 Å². The van der Waals surface area contributed by atoms with E-state index in [1.807, 2.05) is 6.07 Å². The summed E-state index contributed by atoms with van der Waals surface area (Å²) in [7, 11) is 0. The van der Waals surface area contributed by atoms with Crippen molar-refractivity contribution in [3.8, 4) is 5.75 Å². The van der Waals surface area contributed by atoms with Gasteiger partial charge in [0.15, 0.2) is 0 Å². The molecule has 0 amide bonds. The lowest BCUT2D eigenvalue weighted by molar-refractivity contribution is 0.476. The first-order valence-electron chi connectivity index (χ1n) is 6.51. The Labute approximate surface area is 101 Å². The van der Waals surface area contributed by atoms with Crippen molar-refractivity contribution >= 4 is 11.0 Å². The number of nitrogens with zero attached hydrogens (tertiary/aromatic N) is 1. The second-order valence-corrected chi connectivity index (χ2v) is 5.01. The molecule has 1 fully saturated rings. The van der Waals surface area contributed by atoms with Crippen molar-refractivity contribution in [3.63, 3.8) is 0 Å².